The molecule has 4 N–H and O–H groups in total. The molecule has 526 valence electrons. The van der Waals surface area contributed by atoms with Gasteiger partial charge < -0.3 is 67.8 Å². The minimum absolute atomic E-state index is 0. The van der Waals surface area contributed by atoms with E-state index in [-0.39, 0.29) is 66.8 Å². The Morgan fingerprint density at radius 2 is 0.653 bits per heavy atom. The van der Waals surface area contributed by atoms with E-state index in [1.807, 2.05) is 36.4 Å². The summed E-state index contributed by atoms with van der Waals surface area (Å²) in [7, 11) is 14.6. The number of nitrogens with zero attached hydrogens (tertiary/aromatic N) is 9. The van der Waals surface area contributed by atoms with Crippen molar-refractivity contribution in [2.45, 2.75) is 19.6 Å². The number of carboxylic acid groups (broad SMARTS) is 1. The highest BCUT2D eigenvalue weighted by atomic mass is 35.5. The zero-order chi connectivity index (χ0) is 65.3. The lowest BCUT2D eigenvalue weighted by atomic mass is 10.1. The molecule has 0 amide bonds. The molecular formula is C66H94Cl3N9O17. The quantitative estimate of drug-likeness (QED) is 0.0571. The maximum Gasteiger partial charge on any atom is 0.339 e. The molecule has 6 aromatic rings. The molecule has 0 radical (unpaired) electrons. The number of β-amino-alcohol motifs (C(OH)–C–C–N with tert-alkyl or cyclic N) is 1. The molecule has 0 atom stereocenters. The zero-order valence-electron chi connectivity index (χ0n) is 55.6. The minimum Gasteiger partial charge on any atom is -0.493 e. The molecule has 95 heavy (non-hydrogen) atoms. The van der Waals surface area contributed by atoms with Crippen LogP contribution in [0.5, 0.6) is 51.7 Å². The van der Waals surface area contributed by atoms with Crippen molar-refractivity contribution in [2.75, 3.05) is 182 Å². The van der Waals surface area contributed by atoms with Crippen molar-refractivity contribution in [3.8, 4) is 51.7 Å². The van der Waals surface area contributed by atoms with Gasteiger partial charge in [-0.2, -0.15) is 0 Å². The van der Waals surface area contributed by atoms with E-state index in [2.05, 4.69) is 44.4 Å². The molecule has 9 rings (SSSR count). The molecule has 29 heteroatoms. The number of carboxylic acids is 1. The Morgan fingerprint density at radius 3 is 0.884 bits per heavy atom. The number of hydrogen-bond donors (Lipinski definition) is 2. The van der Waals surface area contributed by atoms with Gasteiger partial charge in [-0.1, -0.05) is 18.2 Å². The first-order chi connectivity index (χ1) is 44.3. The van der Waals surface area contributed by atoms with Gasteiger partial charge in [0.05, 0.1) is 87.3 Å². The minimum atomic E-state index is -0.942. The third kappa shape index (κ3) is 25.7. The number of aliphatic hydroxyl groups excluding tert-OH is 1. The highest BCUT2D eigenvalue weighted by Gasteiger charge is 2.25. The van der Waals surface area contributed by atoms with E-state index in [0.717, 1.165) is 140 Å². The lowest BCUT2D eigenvalue weighted by Gasteiger charge is -2.34. The molecule has 0 spiro atoms. The van der Waals surface area contributed by atoms with Crippen LogP contribution in [0.1, 0.15) is 47.8 Å². The van der Waals surface area contributed by atoms with E-state index in [1.165, 1.54) is 30.9 Å². The van der Waals surface area contributed by atoms with Gasteiger partial charge in [-0.05, 0) is 54.6 Å². The van der Waals surface area contributed by atoms with Crippen LogP contribution in [0.25, 0.3) is 0 Å². The summed E-state index contributed by atoms with van der Waals surface area (Å²) in [4.78, 5) is 59.7. The molecule has 26 nitrogen and oxygen atoms in total. The lowest BCUT2D eigenvalue weighted by molar-refractivity contribution is 0.0410. The van der Waals surface area contributed by atoms with Crippen molar-refractivity contribution in [3.63, 3.8) is 0 Å². The van der Waals surface area contributed by atoms with Crippen molar-refractivity contribution in [3.05, 3.63) is 143 Å². The SMILES string of the molecule is COc1ccc(CN2CCN(CCO)CC2)c(OC)c1OC.COc1ccc(CN2CCN(CCOC(=O)c3cccnc3)CC2)c(OC)c1OC.COc1ccc(CN2CCN(CCOC(=O)c3cccnc3)CC2)c(OC)c1OC.Cl.Cl.Cl.O.O=C(O)c1cccnc1. The van der Waals surface area contributed by atoms with Gasteiger partial charge in [0.25, 0.3) is 0 Å². The number of halogens is 3. The van der Waals surface area contributed by atoms with Gasteiger partial charge in [-0.3, -0.25) is 44.4 Å². The van der Waals surface area contributed by atoms with E-state index in [1.54, 1.807) is 107 Å². The number of carbonyl (C=O) groups is 3. The monoisotopic (exact) mass is 1390 g/mol. The van der Waals surface area contributed by atoms with Gasteiger partial charge in [0.2, 0.25) is 17.2 Å². The van der Waals surface area contributed by atoms with Crippen molar-refractivity contribution in [1.82, 2.24) is 44.4 Å². The summed E-state index contributed by atoms with van der Waals surface area (Å²) < 4.78 is 59.8. The first-order valence-corrected chi connectivity index (χ1v) is 29.9. The van der Waals surface area contributed by atoms with Crippen LogP contribution in [-0.4, -0.2) is 260 Å². The van der Waals surface area contributed by atoms with Crippen LogP contribution in [0, 0.1) is 0 Å². The van der Waals surface area contributed by atoms with Crippen LogP contribution in [0.15, 0.2) is 110 Å². The zero-order valence-corrected chi connectivity index (χ0v) is 58.1. The van der Waals surface area contributed by atoms with Crippen LogP contribution >= 0.6 is 37.2 Å². The molecule has 3 aromatic heterocycles. The Balaban J connectivity index is 0.000000449. The van der Waals surface area contributed by atoms with Gasteiger partial charge in [-0.15, -0.1) is 37.2 Å². The molecule has 0 bridgehead atoms. The average Bonchev–Trinajstić information content (AvgIpc) is 0.896. The van der Waals surface area contributed by atoms with E-state index in [9.17, 15) is 14.4 Å². The van der Waals surface area contributed by atoms with Crippen LogP contribution in [0.4, 0.5) is 0 Å². The van der Waals surface area contributed by atoms with Crippen LogP contribution < -0.4 is 42.6 Å². The fourth-order valence-corrected chi connectivity index (χ4v) is 10.4. The standard InChI is InChI=1S/2C22H29N3O5.C16H26N2O4.C6H5NO2.3ClH.H2O/c2*1-27-19-7-6-18(20(28-2)21(19)29-3)16-25-11-9-24(10-12-25)13-14-30-22(26)17-5-4-8-23-15-17;1-20-14-5-4-13(15(21-2)16(14)22-3)12-18-8-6-17(7-9-18)10-11-19;8-6(9)5-2-1-3-7-4-5;;;;/h2*4-8,15H,9-14,16H2,1-3H3;4-5,19H,6-12H2,1-3H3;1-4H,(H,8,9);3*1H;1H2. The Labute approximate surface area is 575 Å². The molecule has 0 saturated carbocycles. The number of methoxy groups -OCH3 is 9. The number of aromatic carboxylic acids is 1. The highest BCUT2D eigenvalue weighted by Crippen LogP contribution is 2.42. The number of benzene rings is 3. The molecule has 3 aromatic carbocycles. The number of carbonyl (C=O) groups excluding carboxylic acids is 2. The van der Waals surface area contributed by atoms with Crippen molar-refractivity contribution in [2.24, 2.45) is 0 Å². The maximum atomic E-state index is 12.0. The van der Waals surface area contributed by atoms with Gasteiger partial charge in [0.15, 0.2) is 34.5 Å². The second-order valence-electron chi connectivity index (χ2n) is 20.9. The Kier molecular flexibility index (Phi) is 40.0. The maximum absolute atomic E-state index is 12.0. The second kappa shape index (κ2) is 45.6. The number of pyridine rings is 3. The van der Waals surface area contributed by atoms with E-state index >= 15 is 0 Å². The Hall–Kier alpha value is -7.73. The number of esters is 2. The largest absolute Gasteiger partial charge is 0.493 e. The smallest absolute Gasteiger partial charge is 0.339 e. The number of piperazine rings is 3. The Bertz CT molecular complexity index is 3000. The van der Waals surface area contributed by atoms with Crippen LogP contribution in [0.3, 0.4) is 0 Å². The van der Waals surface area contributed by atoms with Crippen LogP contribution in [-0.2, 0) is 29.1 Å². The lowest BCUT2D eigenvalue weighted by Crippen LogP contribution is -2.46. The molecule has 3 saturated heterocycles. The molecular weight excluding hydrogens is 1300 g/mol. The molecule has 0 unspecified atom stereocenters. The molecule has 6 heterocycles. The van der Waals surface area contributed by atoms with Crippen LogP contribution in [0.2, 0.25) is 0 Å². The summed E-state index contributed by atoms with van der Waals surface area (Å²) in [6, 6.07) is 21.7. The van der Waals surface area contributed by atoms with Crippen molar-refractivity contribution in [1.29, 1.82) is 0 Å². The van der Waals surface area contributed by atoms with E-state index < -0.39 is 5.97 Å². The number of ether oxygens (including phenoxy) is 11. The van der Waals surface area contributed by atoms with Crippen molar-refractivity contribution >= 4 is 55.1 Å². The van der Waals surface area contributed by atoms with Crippen molar-refractivity contribution < 1.29 is 82.2 Å². The predicted molar refractivity (Wildman–Crippen MR) is 366 cm³/mol. The third-order valence-electron chi connectivity index (χ3n) is 15.3. The number of aliphatic hydroxyl groups is 1. The summed E-state index contributed by atoms with van der Waals surface area (Å²) in [6.07, 6.45) is 9.14. The summed E-state index contributed by atoms with van der Waals surface area (Å²) >= 11 is 0. The topological polar surface area (TPSA) is 283 Å². The van der Waals surface area contributed by atoms with Gasteiger partial charge in [-0.25, -0.2) is 14.4 Å². The number of hydrogen-bond acceptors (Lipinski definition) is 24. The summed E-state index contributed by atoms with van der Waals surface area (Å²) in [5.74, 6) is 4.42. The fraction of sp³-hybridized carbons (Fsp3) is 0.455. The van der Waals surface area contributed by atoms with Gasteiger partial charge >= 0.3 is 17.9 Å². The molecule has 0 aliphatic carbocycles. The van der Waals surface area contributed by atoms with E-state index in [4.69, 9.17) is 62.3 Å². The normalized spacial score (nSPS) is 14.1. The van der Waals surface area contributed by atoms with Gasteiger partial charge in [0.1, 0.15) is 13.2 Å². The molecule has 3 fully saturated rings. The van der Waals surface area contributed by atoms with E-state index in [0.29, 0.717) is 70.3 Å². The average molecular weight is 1390 g/mol. The number of aromatic nitrogens is 3. The summed E-state index contributed by atoms with van der Waals surface area (Å²) in [5.41, 5.74) is 4.40. The molecule has 3 aliphatic rings. The first kappa shape index (κ1) is 83.4. The summed E-state index contributed by atoms with van der Waals surface area (Å²) in [6.45, 7) is 16.8. The first-order valence-electron chi connectivity index (χ1n) is 29.9. The second-order valence-corrected chi connectivity index (χ2v) is 20.9. The Morgan fingerprint density at radius 1 is 0.379 bits per heavy atom. The predicted octanol–water partition coefficient (Wildman–Crippen LogP) is 6.21. The number of rotatable bonds is 26. The fourth-order valence-electron chi connectivity index (χ4n) is 10.4. The molecule has 3 aliphatic heterocycles. The highest BCUT2D eigenvalue weighted by molar-refractivity contribution is 5.89. The summed E-state index contributed by atoms with van der Waals surface area (Å²) in [5, 5.41) is 17.3. The third-order valence-corrected chi connectivity index (χ3v) is 15.3. The van der Waals surface area contributed by atoms with Gasteiger partial charge in [0, 0.05) is 172 Å².